The van der Waals surface area contributed by atoms with Crippen molar-refractivity contribution < 1.29 is 21.9 Å². The lowest BCUT2D eigenvalue weighted by Gasteiger charge is -2.32. The fourth-order valence-corrected chi connectivity index (χ4v) is 4.56. The Balaban J connectivity index is 1.83. The minimum atomic E-state index is -4.32. The van der Waals surface area contributed by atoms with Gasteiger partial charge in [0.1, 0.15) is 17.7 Å². The number of hydrogen-bond donors (Lipinski definition) is 0. The van der Waals surface area contributed by atoms with Gasteiger partial charge in [-0.05, 0) is 25.0 Å². The Hall–Kier alpha value is -2.33. The van der Waals surface area contributed by atoms with E-state index in [1.54, 1.807) is 19.0 Å². The number of hydrogen-bond acceptors (Lipinski definition) is 6. The molecule has 1 unspecified atom stereocenters. The van der Waals surface area contributed by atoms with Gasteiger partial charge in [0.25, 0.3) is 5.88 Å². The third-order valence-corrected chi connectivity index (χ3v) is 6.12. The third kappa shape index (κ3) is 4.01. The van der Waals surface area contributed by atoms with Crippen LogP contribution in [0.3, 0.4) is 0 Å². The molecule has 1 aliphatic heterocycles. The van der Waals surface area contributed by atoms with Crippen molar-refractivity contribution >= 4 is 15.8 Å². The summed E-state index contributed by atoms with van der Waals surface area (Å²) in [7, 11) is -0.744. The van der Waals surface area contributed by atoms with Crippen LogP contribution < -0.4 is 9.64 Å². The predicted octanol–water partition coefficient (Wildman–Crippen LogP) is 2.05. The molecular formula is C17H20F2N4O3S. The van der Waals surface area contributed by atoms with Crippen LogP contribution in [0.4, 0.5) is 14.6 Å². The summed E-state index contributed by atoms with van der Waals surface area (Å²) in [5, 5.41) is 0. The van der Waals surface area contributed by atoms with Gasteiger partial charge in [0, 0.05) is 33.0 Å². The summed E-state index contributed by atoms with van der Waals surface area (Å²) in [5.74, 6) is -1.43. The Morgan fingerprint density at radius 3 is 2.52 bits per heavy atom. The minimum Gasteiger partial charge on any atom is -0.470 e. The second kappa shape index (κ2) is 7.73. The van der Waals surface area contributed by atoms with Crippen molar-refractivity contribution in [2.75, 3.05) is 32.1 Å². The molecule has 1 saturated heterocycles. The molecule has 2 heterocycles. The molecule has 146 valence electrons. The number of halogens is 2. The highest BCUT2D eigenvalue weighted by Gasteiger charge is 2.35. The van der Waals surface area contributed by atoms with Gasteiger partial charge in [0.05, 0.1) is 6.54 Å². The van der Waals surface area contributed by atoms with E-state index in [0.29, 0.717) is 18.7 Å². The van der Waals surface area contributed by atoms with Crippen LogP contribution in [0.2, 0.25) is 0 Å². The maximum Gasteiger partial charge on any atom is 0.257 e. The zero-order valence-corrected chi connectivity index (χ0v) is 15.8. The molecule has 0 radical (unpaired) electrons. The maximum atomic E-state index is 14.0. The molecular weight excluding hydrogens is 378 g/mol. The first-order valence-electron chi connectivity index (χ1n) is 8.40. The highest BCUT2D eigenvalue weighted by atomic mass is 32.2. The van der Waals surface area contributed by atoms with Gasteiger partial charge >= 0.3 is 0 Å². The first-order chi connectivity index (χ1) is 12.8. The van der Waals surface area contributed by atoms with Crippen LogP contribution >= 0.6 is 0 Å². The van der Waals surface area contributed by atoms with Gasteiger partial charge < -0.3 is 9.64 Å². The molecule has 27 heavy (non-hydrogen) atoms. The van der Waals surface area contributed by atoms with Crippen molar-refractivity contribution in [1.29, 1.82) is 0 Å². The van der Waals surface area contributed by atoms with E-state index in [1.807, 2.05) is 0 Å². The van der Waals surface area contributed by atoms with Gasteiger partial charge in [-0.15, -0.1) is 0 Å². The Morgan fingerprint density at radius 2 is 1.85 bits per heavy atom. The highest BCUT2D eigenvalue weighted by Crippen LogP contribution is 2.28. The molecule has 1 aliphatic rings. The molecule has 7 nitrogen and oxygen atoms in total. The van der Waals surface area contributed by atoms with Crippen LogP contribution in [0.5, 0.6) is 5.88 Å². The zero-order chi connectivity index (χ0) is 19.6. The standard InChI is InChI=1S/C17H20F2N4O3S/c1-22(2)16-17(21-9-8-20-16)26-12-5-4-10-23(11-12)27(24,25)15-13(18)6-3-7-14(15)19/h3,6-9,12H,4-5,10-11H2,1-2H3. The molecule has 1 aromatic carbocycles. The number of anilines is 1. The third-order valence-electron chi connectivity index (χ3n) is 4.21. The van der Waals surface area contributed by atoms with E-state index in [0.717, 1.165) is 22.5 Å². The lowest BCUT2D eigenvalue weighted by Crippen LogP contribution is -2.45. The summed E-state index contributed by atoms with van der Waals surface area (Å²) in [6, 6.07) is 2.98. The van der Waals surface area contributed by atoms with E-state index in [-0.39, 0.29) is 19.0 Å². The first-order valence-corrected chi connectivity index (χ1v) is 9.84. The number of rotatable bonds is 5. The molecule has 0 amide bonds. The van der Waals surface area contributed by atoms with E-state index in [4.69, 9.17) is 4.74 Å². The second-order valence-corrected chi connectivity index (χ2v) is 8.25. The molecule has 0 spiro atoms. The maximum absolute atomic E-state index is 14.0. The Labute approximate surface area is 156 Å². The molecule has 0 N–H and O–H groups in total. The SMILES string of the molecule is CN(C)c1nccnc1OC1CCCN(S(=O)(=O)c2c(F)cccc2F)C1. The fourth-order valence-electron chi connectivity index (χ4n) is 2.94. The van der Waals surface area contributed by atoms with Crippen LogP contribution in [-0.4, -0.2) is 56.0 Å². The molecule has 2 aromatic rings. The average Bonchev–Trinajstić information content (AvgIpc) is 2.62. The van der Waals surface area contributed by atoms with Crippen molar-refractivity contribution in [3.63, 3.8) is 0 Å². The zero-order valence-electron chi connectivity index (χ0n) is 15.0. The number of piperidine rings is 1. The quantitative estimate of drug-likeness (QED) is 0.767. The molecule has 10 heteroatoms. The first kappa shape index (κ1) is 19.4. The summed E-state index contributed by atoms with van der Waals surface area (Å²) in [6.07, 6.45) is 3.60. The van der Waals surface area contributed by atoms with Crippen LogP contribution in [0.15, 0.2) is 35.5 Å². The average molecular weight is 398 g/mol. The monoisotopic (exact) mass is 398 g/mol. The van der Waals surface area contributed by atoms with Crippen LogP contribution in [0.25, 0.3) is 0 Å². The van der Waals surface area contributed by atoms with Crippen LogP contribution in [-0.2, 0) is 10.0 Å². The largest absolute Gasteiger partial charge is 0.470 e. The van der Waals surface area contributed by atoms with E-state index in [1.165, 1.54) is 12.4 Å². The van der Waals surface area contributed by atoms with E-state index >= 15 is 0 Å². The fraction of sp³-hybridized carbons (Fsp3) is 0.412. The van der Waals surface area contributed by atoms with E-state index < -0.39 is 32.7 Å². The van der Waals surface area contributed by atoms with Crippen LogP contribution in [0, 0.1) is 11.6 Å². The van der Waals surface area contributed by atoms with Gasteiger partial charge in [0.15, 0.2) is 10.7 Å². The number of aromatic nitrogens is 2. The number of ether oxygens (including phenoxy) is 1. The van der Waals surface area contributed by atoms with Crippen LogP contribution in [0.1, 0.15) is 12.8 Å². The Morgan fingerprint density at radius 1 is 1.19 bits per heavy atom. The minimum absolute atomic E-state index is 0.0282. The molecule has 1 aromatic heterocycles. The van der Waals surface area contributed by atoms with E-state index in [2.05, 4.69) is 9.97 Å². The smallest absolute Gasteiger partial charge is 0.257 e. The predicted molar refractivity (Wildman–Crippen MR) is 95.1 cm³/mol. The van der Waals surface area contributed by atoms with Crippen molar-refractivity contribution in [2.24, 2.45) is 0 Å². The van der Waals surface area contributed by atoms with Crippen molar-refractivity contribution in [1.82, 2.24) is 14.3 Å². The topological polar surface area (TPSA) is 75.6 Å². The van der Waals surface area contributed by atoms with Gasteiger partial charge in [-0.1, -0.05) is 6.07 Å². The summed E-state index contributed by atoms with van der Waals surface area (Å²) in [5.41, 5.74) is 0. The van der Waals surface area contributed by atoms with Gasteiger partial charge in [0.2, 0.25) is 10.0 Å². The molecule has 1 atom stereocenters. The van der Waals surface area contributed by atoms with Crippen molar-refractivity contribution in [3.8, 4) is 5.88 Å². The number of benzene rings is 1. The summed E-state index contributed by atoms with van der Waals surface area (Å²) < 4.78 is 60.4. The molecule has 1 fully saturated rings. The normalized spacial score (nSPS) is 18.3. The summed E-state index contributed by atoms with van der Waals surface area (Å²) >= 11 is 0. The highest BCUT2D eigenvalue weighted by molar-refractivity contribution is 7.89. The lowest BCUT2D eigenvalue weighted by molar-refractivity contribution is 0.124. The van der Waals surface area contributed by atoms with Crippen molar-refractivity contribution in [2.45, 2.75) is 23.8 Å². The van der Waals surface area contributed by atoms with Gasteiger partial charge in [-0.2, -0.15) is 4.31 Å². The molecule has 0 aliphatic carbocycles. The molecule has 0 bridgehead atoms. The molecule has 3 rings (SSSR count). The lowest BCUT2D eigenvalue weighted by atomic mass is 10.1. The summed E-state index contributed by atoms with van der Waals surface area (Å²) in [6.45, 7) is 0.135. The van der Waals surface area contributed by atoms with E-state index in [9.17, 15) is 17.2 Å². The Bertz CT molecular complexity index is 904. The summed E-state index contributed by atoms with van der Waals surface area (Å²) in [4.78, 5) is 9.14. The van der Waals surface area contributed by atoms with Gasteiger partial charge in [-0.25, -0.2) is 27.2 Å². The van der Waals surface area contributed by atoms with Gasteiger partial charge in [-0.3, -0.25) is 0 Å². The molecule has 0 saturated carbocycles. The second-order valence-electron chi connectivity index (χ2n) is 6.38. The number of sulfonamides is 1. The van der Waals surface area contributed by atoms with Crippen molar-refractivity contribution in [3.05, 3.63) is 42.2 Å². The Kier molecular flexibility index (Phi) is 5.56. The number of nitrogens with zero attached hydrogens (tertiary/aromatic N) is 4.